The largest absolute Gasteiger partial charge is 0.348 e. The lowest BCUT2D eigenvalue weighted by atomic mass is 9.96. The molecule has 118 valence electrons. The van der Waals surface area contributed by atoms with Gasteiger partial charge in [-0.1, -0.05) is 49.2 Å². The van der Waals surface area contributed by atoms with Crippen LogP contribution in [-0.2, 0) is 4.79 Å². The van der Waals surface area contributed by atoms with Crippen LogP contribution in [0.5, 0.6) is 0 Å². The summed E-state index contributed by atoms with van der Waals surface area (Å²) in [6, 6.07) is 14.5. The molecule has 1 saturated carbocycles. The number of benzene rings is 2. The van der Waals surface area contributed by atoms with Gasteiger partial charge in [0.25, 0.3) is 0 Å². The molecular weight excluding hydrogens is 296 g/mol. The van der Waals surface area contributed by atoms with E-state index in [0.29, 0.717) is 0 Å². The second-order valence-corrected chi connectivity index (χ2v) is 6.16. The molecule has 1 amide bonds. The quantitative estimate of drug-likeness (QED) is 0.906. The van der Waals surface area contributed by atoms with Gasteiger partial charge in [0, 0.05) is 0 Å². The van der Waals surface area contributed by atoms with Gasteiger partial charge in [-0.15, -0.1) is 12.4 Å². The Labute approximate surface area is 137 Å². The van der Waals surface area contributed by atoms with Crippen molar-refractivity contribution in [3.8, 4) is 0 Å². The Morgan fingerprint density at radius 1 is 1.14 bits per heavy atom. The average molecular weight is 319 g/mol. The maximum atomic E-state index is 12.4. The summed E-state index contributed by atoms with van der Waals surface area (Å²) < 4.78 is 0. The van der Waals surface area contributed by atoms with Gasteiger partial charge in [0.05, 0.1) is 11.6 Å². The first-order valence-electron chi connectivity index (χ1n) is 7.67. The number of halogens is 1. The van der Waals surface area contributed by atoms with Gasteiger partial charge in [0.1, 0.15) is 0 Å². The van der Waals surface area contributed by atoms with Crippen molar-refractivity contribution in [2.24, 2.45) is 5.73 Å². The number of nitrogens with two attached hydrogens (primary N) is 1. The highest BCUT2D eigenvalue weighted by atomic mass is 35.5. The number of carbonyl (C=O) groups is 1. The van der Waals surface area contributed by atoms with Crippen LogP contribution < -0.4 is 11.1 Å². The van der Waals surface area contributed by atoms with E-state index in [9.17, 15) is 4.79 Å². The van der Waals surface area contributed by atoms with Crippen LogP contribution in [0, 0.1) is 0 Å². The lowest BCUT2D eigenvalue weighted by molar-refractivity contribution is -0.126. The average Bonchev–Trinajstić information content (AvgIpc) is 2.95. The van der Waals surface area contributed by atoms with Gasteiger partial charge >= 0.3 is 0 Å². The Morgan fingerprint density at radius 2 is 1.77 bits per heavy atom. The second kappa shape index (κ2) is 6.67. The Bertz CT molecular complexity index is 665. The first-order valence-corrected chi connectivity index (χ1v) is 7.67. The standard InChI is InChI=1S/C18H22N2O.ClH/c1-13(20-17(21)18(19)10-4-5-11-18)15-9-8-14-6-2-3-7-16(14)12-15;/h2-3,6-9,12-13H,4-5,10-11,19H2,1H3,(H,20,21);1H. The molecule has 2 aromatic carbocycles. The highest BCUT2D eigenvalue weighted by Gasteiger charge is 2.37. The molecule has 0 bridgehead atoms. The highest BCUT2D eigenvalue weighted by molar-refractivity contribution is 5.87. The summed E-state index contributed by atoms with van der Waals surface area (Å²) in [7, 11) is 0. The molecule has 0 radical (unpaired) electrons. The number of nitrogens with one attached hydrogen (secondary N) is 1. The maximum absolute atomic E-state index is 12.4. The number of carbonyl (C=O) groups excluding carboxylic acids is 1. The molecule has 4 heteroatoms. The summed E-state index contributed by atoms with van der Waals surface area (Å²) in [6.45, 7) is 2.01. The number of amides is 1. The van der Waals surface area contributed by atoms with E-state index in [1.807, 2.05) is 19.1 Å². The Hall–Kier alpha value is -1.58. The van der Waals surface area contributed by atoms with E-state index in [2.05, 4.69) is 35.6 Å². The van der Waals surface area contributed by atoms with E-state index in [-0.39, 0.29) is 24.4 Å². The molecular formula is C18H23ClN2O. The van der Waals surface area contributed by atoms with Crippen molar-refractivity contribution < 1.29 is 4.79 Å². The van der Waals surface area contributed by atoms with Crippen LogP contribution >= 0.6 is 12.4 Å². The molecule has 2 aromatic rings. The molecule has 1 unspecified atom stereocenters. The zero-order valence-corrected chi connectivity index (χ0v) is 13.7. The second-order valence-electron chi connectivity index (χ2n) is 6.16. The van der Waals surface area contributed by atoms with Crippen molar-refractivity contribution in [3.05, 3.63) is 48.0 Å². The molecule has 1 fully saturated rings. The normalized spacial score (nSPS) is 17.7. The van der Waals surface area contributed by atoms with Crippen molar-refractivity contribution >= 4 is 29.1 Å². The third-order valence-corrected chi connectivity index (χ3v) is 4.57. The lowest BCUT2D eigenvalue weighted by Gasteiger charge is -2.25. The number of hydrogen-bond donors (Lipinski definition) is 2. The van der Waals surface area contributed by atoms with Crippen LogP contribution in [0.4, 0.5) is 0 Å². The van der Waals surface area contributed by atoms with E-state index in [1.54, 1.807) is 0 Å². The Morgan fingerprint density at radius 3 is 2.45 bits per heavy atom. The van der Waals surface area contributed by atoms with Crippen molar-refractivity contribution in [3.63, 3.8) is 0 Å². The van der Waals surface area contributed by atoms with Crippen LogP contribution in [0.25, 0.3) is 10.8 Å². The van der Waals surface area contributed by atoms with E-state index in [0.717, 1.165) is 31.2 Å². The highest BCUT2D eigenvalue weighted by Crippen LogP contribution is 2.28. The SMILES string of the molecule is CC(NC(=O)C1(N)CCCC1)c1ccc2ccccc2c1.Cl. The molecule has 0 saturated heterocycles. The monoisotopic (exact) mass is 318 g/mol. The first-order chi connectivity index (χ1) is 10.1. The summed E-state index contributed by atoms with van der Waals surface area (Å²) in [5, 5.41) is 5.49. The summed E-state index contributed by atoms with van der Waals surface area (Å²) >= 11 is 0. The number of fused-ring (bicyclic) bond motifs is 1. The predicted molar refractivity (Wildman–Crippen MR) is 93.1 cm³/mol. The fourth-order valence-electron chi connectivity index (χ4n) is 3.13. The molecule has 1 atom stereocenters. The summed E-state index contributed by atoms with van der Waals surface area (Å²) in [6.07, 6.45) is 3.69. The topological polar surface area (TPSA) is 55.1 Å². The fourth-order valence-corrected chi connectivity index (χ4v) is 3.13. The summed E-state index contributed by atoms with van der Waals surface area (Å²) in [4.78, 5) is 12.4. The van der Waals surface area contributed by atoms with Gasteiger partial charge in [0.2, 0.25) is 5.91 Å². The predicted octanol–water partition coefficient (Wildman–Crippen LogP) is 3.71. The van der Waals surface area contributed by atoms with Crippen LogP contribution in [0.3, 0.4) is 0 Å². The lowest BCUT2D eigenvalue weighted by Crippen LogP contribution is -2.52. The summed E-state index contributed by atoms with van der Waals surface area (Å²) in [5.41, 5.74) is 6.66. The minimum absolute atomic E-state index is 0. The smallest absolute Gasteiger partial charge is 0.240 e. The van der Waals surface area contributed by atoms with Crippen molar-refractivity contribution in [2.75, 3.05) is 0 Å². The van der Waals surface area contributed by atoms with Gasteiger partial charge < -0.3 is 11.1 Å². The molecule has 0 heterocycles. The fraction of sp³-hybridized carbons (Fsp3) is 0.389. The van der Waals surface area contributed by atoms with Gasteiger partial charge in [-0.3, -0.25) is 4.79 Å². The van der Waals surface area contributed by atoms with Crippen LogP contribution in [0.15, 0.2) is 42.5 Å². The molecule has 3 rings (SSSR count). The Kier molecular flexibility index (Phi) is 5.09. The minimum Gasteiger partial charge on any atom is -0.348 e. The van der Waals surface area contributed by atoms with E-state index < -0.39 is 5.54 Å². The van der Waals surface area contributed by atoms with Crippen LogP contribution in [0.2, 0.25) is 0 Å². The molecule has 22 heavy (non-hydrogen) atoms. The van der Waals surface area contributed by atoms with Crippen LogP contribution in [-0.4, -0.2) is 11.4 Å². The zero-order valence-electron chi connectivity index (χ0n) is 12.8. The first kappa shape index (κ1) is 16.8. The molecule has 1 aliphatic carbocycles. The van der Waals surface area contributed by atoms with Gasteiger partial charge in [0.15, 0.2) is 0 Å². The molecule has 3 N–H and O–H groups in total. The van der Waals surface area contributed by atoms with Crippen molar-refractivity contribution in [2.45, 2.75) is 44.2 Å². The van der Waals surface area contributed by atoms with E-state index in [4.69, 9.17) is 5.73 Å². The van der Waals surface area contributed by atoms with Crippen molar-refractivity contribution in [1.82, 2.24) is 5.32 Å². The van der Waals surface area contributed by atoms with E-state index in [1.165, 1.54) is 10.8 Å². The minimum atomic E-state index is -0.662. The molecule has 0 aliphatic heterocycles. The number of rotatable bonds is 3. The molecule has 3 nitrogen and oxygen atoms in total. The van der Waals surface area contributed by atoms with Gasteiger partial charge in [-0.2, -0.15) is 0 Å². The maximum Gasteiger partial charge on any atom is 0.240 e. The van der Waals surface area contributed by atoms with Gasteiger partial charge in [-0.05, 0) is 42.2 Å². The molecule has 1 aliphatic rings. The number of hydrogen-bond acceptors (Lipinski definition) is 2. The zero-order chi connectivity index (χ0) is 14.9. The van der Waals surface area contributed by atoms with Gasteiger partial charge in [-0.25, -0.2) is 0 Å². The molecule has 0 aromatic heterocycles. The van der Waals surface area contributed by atoms with Crippen LogP contribution in [0.1, 0.15) is 44.2 Å². The van der Waals surface area contributed by atoms with Crippen molar-refractivity contribution in [1.29, 1.82) is 0 Å². The molecule has 0 spiro atoms. The Balaban J connectivity index is 0.00000176. The third kappa shape index (κ3) is 3.26. The van der Waals surface area contributed by atoms with E-state index >= 15 is 0 Å². The third-order valence-electron chi connectivity index (χ3n) is 4.57. The summed E-state index contributed by atoms with van der Waals surface area (Å²) in [5.74, 6) is -0.0133.